The molecule has 0 aliphatic rings. The third-order valence-corrected chi connectivity index (χ3v) is 3.80. The highest BCUT2D eigenvalue weighted by molar-refractivity contribution is 8.12. The molecule has 0 aliphatic heterocycles. The largest absolute Gasteiger partial charge is 0.453 e. The van der Waals surface area contributed by atoms with E-state index in [1.54, 1.807) is 12.4 Å². The molecule has 0 amide bonds. The van der Waals surface area contributed by atoms with Gasteiger partial charge in [0.25, 0.3) is 0 Å². The van der Waals surface area contributed by atoms with Gasteiger partial charge in [-0.05, 0) is 29.0 Å². The van der Waals surface area contributed by atoms with Gasteiger partial charge >= 0.3 is 5.30 Å². The Morgan fingerprint density at radius 3 is 2.95 bits per heavy atom. The summed E-state index contributed by atoms with van der Waals surface area (Å²) >= 11 is 1.12. The molecule has 3 aromatic rings. The summed E-state index contributed by atoms with van der Waals surface area (Å²) in [7, 11) is 0. The minimum atomic E-state index is -0.292. The van der Waals surface area contributed by atoms with Crippen molar-refractivity contribution in [2.24, 2.45) is 0 Å². The van der Waals surface area contributed by atoms with Crippen LogP contribution in [0.5, 0.6) is 0 Å². The van der Waals surface area contributed by atoms with Crippen molar-refractivity contribution in [3.63, 3.8) is 0 Å². The fourth-order valence-electron chi connectivity index (χ4n) is 1.94. The molecule has 0 unspecified atom stereocenters. The van der Waals surface area contributed by atoms with Gasteiger partial charge in [-0.25, -0.2) is 4.79 Å². The number of H-pyrrole nitrogens is 1. The second kappa shape index (κ2) is 6.41. The molecule has 0 radical (unpaired) electrons. The van der Waals surface area contributed by atoms with Crippen LogP contribution in [0.4, 0.5) is 4.79 Å². The maximum absolute atomic E-state index is 11.8. The summed E-state index contributed by atoms with van der Waals surface area (Å²) in [6.07, 6.45) is 3.48. The number of fused-ring (bicyclic) bond motifs is 1. The van der Waals surface area contributed by atoms with Gasteiger partial charge in [-0.2, -0.15) is 5.10 Å². The van der Waals surface area contributed by atoms with E-state index in [1.165, 1.54) is 0 Å². The third-order valence-electron chi connectivity index (χ3n) is 2.99. The summed E-state index contributed by atoms with van der Waals surface area (Å²) in [5, 5.41) is 8.57. The molecule has 6 heteroatoms. The number of carbonyl (C=O) groups is 1. The minimum Gasteiger partial charge on any atom is -0.453 e. The van der Waals surface area contributed by atoms with Crippen molar-refractivity contribution in [3.05, 3.63) is 59.9 Å². The van der Waals surface area contributed by atoms with Gasteiger partial charge in [-0.15, -0.1) is 5.10 Å². The van der Waals surface area contributed by atoms with Gasteiger partial charge in [-0.1, -0.05) is 30.3 Å². The topological polar surface area (TPSA) is 67.9 Å². The maximum Gasteiger partial charge on any atom is 0.367 e. The van der Waals surface area contributed by atoms with Crippen LogP contribution in [0, 0.1) is 0 Å². The van der Waals surface area contributed by atoms with E-state index in [0.29, 0.717) is 12.4 Å². The molecule has 0 bridgehead atoms. The molecular weight excluding hydrogens is 286 g/mol. The lowest BCUT2D eigenvalue weighted by atomic mass is 10.2. The van der Waals surface area contributed by atoms with Crippen molar-refractivity contribution in [2.75, 3.05) is 0 Å². The lowest BCUT2D eigenvalue weighted by Crippen LogP contribution is -1.99. The van der Waals surface area contributed by atoms with E-state index in [-0.39, 0.29) is 5.30 Å². The number of ether oxygens (including phenoxy) is 1. The normalized spacial score (nSPS) is 10.7. The number of hydrogen-bond donors (Lipinski definition) is 1. The van der Waals surface area contributed by atoms with Gasteiger partial charge in [0.15, 0.2) is 5.65 Å². The van der Waals surface area contributed by atoms with Crippen molar-refractivity contribution in [3.8, 4) is 0 Å². The molecule has 2 heterocycles. The Kier molecular flexibility index (Phi) is 4.16. The first kappa shape index (κ1) is 13.6. The Balaban J connectivity index is 1.55. The number of aromatic nitrogens is 3. The molecular formula is C15H13N3O2S. The highest BCUT2D eigenvalue weighted by Crippen LogP contribution is 2.21. The highest BCUT2D eigenvalue weighted by atomic mass is 32.2. The van der Waals surface area contributed by atoms with Gasteiger partial charge < -0.3 is 9.72 Å². The molecule has 106 valence electrons. The predicted octanol–water partition coefficient (Wildman–Crippen LogP) is 3.53. The standard InChI is InChI=1S/C15H13N3O2S/c19-15(20-9-11-4-2-1-3-5-11)21-10-12-8-17-18-14-13(12)6-7-16-14/h1-8H,9-10H2,(H,16,18). The van der Waals surface area contributed by atoms with Crippen LogP contribution in [0.2, 0.25) is 0 Å². The number of benzene rings is 1. The quantitative estimate of drug-likeness (QED) is 0.746. The molecule has 0 saturated carbocycles. The molecule has 2 aromatic heterocycles. The van der Waals surface area contributed by atoms with Crippen LogP contribution in [0.15, 0.2) is 48.8 Å². The van der Waals surface area contributed by atoms with Gasteiger partial charge in [-0.3, -0.25) is 0 Å². The van der Waals surface area contributed by atoms with E-state index in [4.69, 9.17) is 4.74 Å². The molecule has 0 fully saturated rings. The van der Waals surface area contributed by atoms with E-state index < -0.39 is 0 Å². The first-order chi connectivity index (χ1) is 10.3. The number of thioether (sulfide) groups is 1. The Labute approximate surface area is 125 Å². The number of aromatic amines is 1. The van der Waals surface area contributed by atoms with E-state index in [9.17, 15) is 4.79 Å². The Morgan fingerprint density at radius 2 is 2.10 bits per heavy atom. The van der Waals surface area contributed by atoms with Gasteiger partial charge in [0.05, 0.1) is 6.20 Å². The second-order valence-electron chi connectivity index (χ2n) is 4.42. The van der Waals surface area contributed by atoms with E-state index in [0.717, 1.165) is 33.9 Å². The lowest BCUT2D eigenvalue weighted by molar-refractivity contribution is 0.168. The monoisotopic (exact) mass is 299 g/mol. The number of hydrogen-bond acceptors (Lipinski definition) is 5. The lowest BCUT2D eigenvalue weighted by Gasteiger charge is -2.04. The van der Waals surface area contributed by atoms with Crippen molar-refractivity contribution < 1.29 is 9.53 Å². The Hall–Kier alpha value is -2.34. The molecule has 21 heavy (non-hydrogen) atoms. The maximum atomic E-state index is 11.8. The average molecular weight is 299 g/mol. The van der Waals surface area contributed by atoms with Crippen molar-refractivity contribution in [2.45, 2.75) is 12.4 Å². The van der Waals surface area contributed by atoms with Crippen LogP contribution in [-0.4, -0.2) is 20.5 Å². The van der Waals surface area contributed by atoms with E-state index >= 15 is 0 Å². The predicted molar refractivity (Wildman–Crippen MR) is 81.8 cm³/mol. The zero-order valence-electron chi connectivity index (χ0n) is 11.2. The summed E-state index contributed by atoms with van der Waals surface area (Å²) in [4.78, 5) is 14.8. The zero-order chi connectivity index (χ0) is 14.5. The molecule has 3 rings (SSSR count). The van der Waals surface area contributed by atoms with Gasteiger partial charge in [0.2, 0.25) is 0 Å². The van der Waals surface area contributed by atoms with E-state index in [1.807, 2.05) is 36.4 Å². The summed E-state index contributed by atoms with van der Waals surface area (Å²) in [5.74, 6) is 0.511. The molecule has 0 spiro atoms. The number of carbonyl (C=O) groups excluding carboxylic acids is 1. The van der Waals surface area contributed by atoms with Crippen LogP contribution >= 0.6 is 11.8 Å². The molecule has 0 aliphatic carbocycles. The third kappa shape index (κ3) is 3.41. The van der Waals surface area contributed by atoms with Gasteiger partial charge in [0, 0.05) is 17.3 Å². The first-order valence-corrected chi connectivity index (χ1v) is 7.42. The highest BCUT2D eigenvalue weighted by Gasteiger charge is 2.09. The smallest absolute Gasteiger partial charge is 0.367 e. The summed E-state index contributed by atoms with van der Waals surface area (Å²) < 4.78 is 5.22. The molecule has 5 nitrogen and oxygen atoms in total. The van der Waals surface area contributed by atoms with Crippen molar-refractivity contribution in [1.82, 2.24) is 15.2 Å². The summed E-state index contributed by atoms with van der Waals surface area (Å²) in [6.45, 7) is 0.292. The van der Waals surface area contributed by atoms with Crippen molar-refractivity contribution >= 4 is 28.1 Å². The average Bonchev–Trinajstić information content (AvgIpc) is 3.01. The molecule has 1 aromatic carbocycles. The second-order valence-corrected chi connectivity index (χ2v) is 5.33. The SMILES string of the molecule is O=C(OCc1ccccc1)SCc1cnnc2[nH]ccc12. The molecule has 1 N–H and O–H groups in total. The first-order valence-electron chi connectivity index (χ1n) is 6.44. The minimum absolute atomic E-state index is 0.292. The van der Waals surface area contributed by atoms with Gasteiger partial charge in [0.1, 0.15) is 6.61 Å². The number of nitrogens with one attached hydrogen (secondary N) is 1. The van der Waals surface area contributed by atoms with Crippen LogP contribution in [0.1, 0.15) is 11.1 Å². The Bertz CT molecular complexity index is 743. The molecule has 0 atom stereocenters. The number of rotatable bonds is 4. The van der Waals surface area contributed by atoms with E-state index in [2.05, 4.69) is 15.2 Å². The van der Waals surface area contributed by atoms with Crippen LogP contribution < -0.4 is 0 Å². The molecule has 0 saturated heterocycles. The van der Waals surface area contributed by atoms with Crippen LogP contribution in [0.3, 0.4) is 0 Å². The summed E-state index contributed by atoms with van der Waals surface area (Å²) in [6, 6.07) is 11.5. The van der Waals surface area contributed by atoms with Crippen LogP contribution in [-0.2, 0) is 17.1 Å². The van der Waals surface area contributed by atoms with Crippen molar-refractivity contribution in [1.29, 1.82) is 0 Å². The zero-order valence-corrected chi connectivity index (χ0v) is 12.0. The summed E-state index contributed by atoms with van der Waals surface area (Å²) in [5.41, 5.74) is 2.67. The van der Waals surface area contributed by atoms with Crippen LogP contribution in [0.25, 0.3) is 11.0 Å². The fourth-order valence-corrected chi connectivity index (χ4v) is 2.58. The number of nitrogens with zero attached hydrogens (tertiary/aromatic N) is 2. The fraction of sp³-hybridized carbons (Fsp3) is 0.133. The Morgan fingerprint density at radius 1 is 1.24 bits per heavy atom.